The maximum absolute atomic E-state index is 11.8. The molecule has 0 spiro atoms. The van der Waals surface area contributed by atoms with Crippen molar-refractivity contribution in [2.24, 2.45) is 5.92 Å². The first-order chi connectivity index (χ1) is 21.0. The Balaban J connectivity index is 0.000000197. The van der Waals surface area contributed by atoms with E-state index in [1.807, 2.05) is 58.3 Å². The van der Waals surface area contributed by atoms with Gasteiger partial charge in [-0.3, -0.25) is 9.00 Å². The minimum atomic E-state index is -0.652. The fraction of sp³-hybridized carbons (Fsp3) is 0.394. The van der Waals surface area contributed by atoms with Gasteiger partial charge in [-0.1, -0.05) is 31.4 Å². The summed E-state index contributed by atoms with van der Waals surface area (Å²) in [6.45, 7) is 1.72. The first kappa shape index (κ1) is 28.9. The Morgan fingerprint density at radius 3 is 2.14 bits per heavy atom. The molecule has 43 heavy (non-hydrogen) atoms. The van der Waals surface area contributed by atoms with Gasteiger partial charge >= 0.3 is 0 Å². The van der Waals surface area contributed by atoms with E-state index in [0.717, 1.165) is 85.6 Å². The Morgan fingerprint density at radius 2 is 1.53 bits per heavy atom. The molecular formula is C33H37N7O2S. The first-order valence-electron chi connectivity index (χ1n) is 15.1. The predicted molar refractivity (Wildman–Crippen MR) is 169 cm³/mol. The van der Waals surface area contributed by atoms with Crippen molar-refractivity contribution in [1.29, 1.82) is 5.26 Å². The van der Waals surface area contributed by atoms with Crippen LogP contribution in [0.4, 0.5) is 5.69 Å². The maximum atomic E-state index is 11.8. The topological polar surface area (TPSA) is 109 Å². The molecule has 1 amide bonds. The second-order valence-corrected chi connectivity index (χ2v) is 13.2. The Morgan fingerprint density at radius 1 is 0.884 bits per heavy atom. The molecule has 2 aliphatic carbocycles. The molecule has 1 saturated heterocycles. The van der Waals surface area contributed by atoms with Gasteiger partial charge in [0, 0.05) is 71.2 Å². The van der Waals surface area contributed by atoms with Crippen molar-refractivity contribution in [2.75, 3.05) is 29.5 Å². The summed E-state index contributed by atoms with van der Waals surface area (Å²) in [7, 11) is -0.652. The lowest BCUT2D eigenvalue weighted by Gasteiger charge is -2.28. The van der Waals surface area contributed by atoms with Gasteiger partial charge < -0.3 is 10.2 Å². The number of carbonyl (C=O) groups excluding carboxylic acids is 1. The van der Waals surface area contributed by atoms with Gasteiger partial charge in [-0.25, -0.2) is 9.36 Å². The third-order valence-corrected chi connectivity index (χ3v) is 9.79. The van der Waals surface area contributed by atoms with Crippen LogP contribution >= 0.6 is 0 Å². The Kier molecular flexibility index (Phi) is 8.70. The molecular weight excluding hydrogens is 558 g/mol. The minimum absolute atomic E-state index is 0.115. The zero-order chi connectivity index (χ0) is 29.6. The lowest BCUT2D eigenvalue weighted by molar-refractivity contribution is -0.126. The molecule has 3 aliphatic rings. The number of nitrogens with zero attached hydrogens (tertiary/aromatic N) is 6. The highest BCUT2D eigenvalue weighted by atomic mass is 32.2. The van der Waals surface area contributed by atoms with Gasteiger partial charge in [0.05, 0.1) is 23.6 Å². The van der Waals surface area contributed by atoms with Crippen molar-refractivity contribution in [1.82, 2.24) is 24.9 Å². The molecule has 2 saturated carbocycles. The highest BCUT2D eigenvalue weighted by molar-refractivity contribution is 7.85. The number of hydrogen-bond donors (Lipinski definition) is 1. The van der Waals surface area contributed by atoms with Gasteiger partial charge in [-0.2, -0.15) is 15.5 Å². The monoisotopic (exact) mass is 595 g/mol. The highest BCUT2D eigenvalue weighted by Crippen LogP contribution is 2.35. The average Bonchev–Trinajstić information content (AvgIpc) is 3.40. The molecule has 0 radical (unpaired) electrons. The van der Waals surface area contributed by atoms with Crippen LogP contribution < -0.4 is 10.2 Å². The van der Waals surface area contributed by atoms with Crippen molar-refractivity contribution >= 4 is 22.4 Å². The van der Waals surface area contributed by atoms with Crippen molar-refractivity contribution in [3.05, 3.63) is 79.4 Å². The van der Waals surface area contributed by atoms with Gasteiger partial charge in [0.25, 0.3) is 0 Å². The van der Waals surface area contributed by atoms with Crippen LogP contribution in [0.3, 0.4) is 0 Å². The van der Waals surface area contributed by atoms with Crippen LogP contribution in [0.2, 0.25) is 0 Å². The summed E-state index contributed by atoms with van der Waals surface area (Å²) in [5, 5.41) is 20.5. The maximum Gasteiger partial charge on any atom is 0.224 e. The van der Waals surface area contributed by atoms with E-state index in [2.05, 4.69) is 50.7 Å². The average molecular weight is 596 g/mol. The van der Waals surface area contributed by atoms with Crippen molar-refractivity contribution in [3.8, 4) is 28.6 Å². The van der Waals surface area contributed by atoms with Crippen LogP contribution in [0.1, 0.15) is 44.9 Å². The van der Waals surface area contributed by atoms with E-state index in [1.54, 1.807) is 6.20 Å². The largest absolute Gasteiger partial charge is 0.370 e. The number of amides is 1. The molecule has 1 N–H and O–H groups in total. The van der Waals surface area contributed by atoms with Crippen LogP contribution in [-0.2, 0) is 15.6 Å². The second kappa shape index (κ2) is 13.0. The smallest absolute Gasteiger partial charge is 0.224 e. The minimum Gasteiger partial charge on any atom is -0.370 e. The number of aromatic nitrogens is 4. The van der Waals surface area contributed by atoms with Gasteiger partial charge in [-0.05, 0) is 73.7 Å². The van der Waals surface area contributed by atoms with Crippen molar-refractivity contribution in [3.63, 3.8) is 0 Å². The Hall–Kier alpha value is -4.23. The lowest BCUT2D eigenvalue weighted by atomic mass is 9.88. The standard InChI is InChI=1S/C22H21N5OS.C11H16N2O/c28-29-14-12-25(13-15-29)20-4-2-18(3-5-20)19-16-24-27(17-19)22-8-6-21(7-9-22)26-11-1-10-23-26;12-8-11(6-7-11)13-10(14)9-4-2-1-3-5-9/h1-11,16-17H,12-15H2;9H,1-7H2,(H,13,14). The molecule has 7 rings (SSSR count). The van der Waals surface area contributed by atoms with Crippen LogP contribution in [0.15, 0.2) is 79.4 Å². The third kappa shape index (κ3) is 7.05. The summed E-state index contributed by atoms with van der Waals surface area (Å²) in [5.41, 5.74) is 4.94. The highest BCUT2D eigenvalue weighted by Gasteiger charge is 2.45. The number of rotatable bonds is 6. The molecule has 222 valence electrons. The number of hydrogen-bond acceptors (Lipinski definition) is 6. The molecule has 3 heterocycles. The fourth-order valence-electron chi connectivity index (χ4n) is 5.65. The van der Waals surface area contributed by atoms with E-state index in [-0.39, 0.29) is 11.8 Å². The normalized spacial score (nSPS) is 18.3. The van der Waals surface area contributed by atoms with E-state index in [1.165, 1.54) is 12.1 Å². The molecule has 2 aromatic heterocycles. The van der Waals surface area contributed by atoms with Crippen molar-refractivity contribution < 1.29 is 9.00 Å². The SMILES string of the molecule is N#CC1(NC(=O)C2CCCCC2)CC1.O=S1CCN(c2ccc(-c3cnn(-c4ccc(-n5cccn5)cc4)c3)cc2)CC1. The summed E-state index contributed by atoms with van der Waals surface area (Å²) in [5.74, 6) is 1.81. The van der Waals surface area contributed by atoms with E-state index in [9.17, 15) is 9.00 Å². The Labute approximate surface area is 255 Å². The summed E-state index contributed by atoms with van der Waals surface area (Å²) < 4.78 is 15.3. The molecule has 0 atom stereocenters. The number of nitrogens with one attached hydrogen (secondary N) is 1. The molecule has 10 heteroatoms. The van der Waals surface area contributed by atoms with Gasteiger partial charge in [0.15, 0.2) is 0 Å². The molecule has 9 nitrogen and oxygen atoms in total. The summed E-state index contributed by atoms with van der Waals surface area (Å²) >= 11 is 0. The van der Waals surface area contributed by atoms with Crippen LogP contribution in [0.25, 0.3) is 22.5 Å². The molecule has 1 aliphatic heterocycles. The third-order valence-electron chi connectivity index (χ3n) is 8.51. The van der Waals surface area contributed by atoms with Gasteiger partial charge in [0.2, 0.25) is 5.91 Å². The molecule has 2 aromatic carbocycles. The zero-order valence-electron chi connectivity index (χ0n) is 24.3. The molecule has 0 unspecified atom stereocenters. The summed E-state index contributed by atoms with van der Waals surface area (Å²) in [6.07, 6.45) is 14.9. The summed E-state index contributed by atoms with van der Waals surface area (Å²) in [6, 6.07) is 20.8. The number of carbonyl (C=O) groups is 1. The number of nitriles is 1. The second-order valence-electron chi connectivity index (χ2n) is 11.5. The molecule has 0 bridgehead atoms. The molecule has 4 aromatic rings. The van der Waals surface area contributed by atoms with Crippen LogP contribution in [0.5, 0.6) is 0 Å². The van der Waals surface area contributed by atoms with E-state index in [0.29, 0.717) is 0 Å². The molecule has 3 fully saturated rings. The number of benzene rings is 2. The van der Waals surface area contributed by atoms with Crippen molar-refractivity contribution in [2.45, 2.75) is 50.5 Å². The van der Waals surface area contributed by atoms with Gasteiger partial charge in [0.1, 0.15) is 5.54 Å². The number of anilines is 1. The quantitative estimate of drug-likeness (QED) is 0.335. The zero-order valence-corrected chi connectivity index (χ0v) is 25.1. The summed E-state index contributed by atoms with van der Waals surface area (Å²) in [4.78, 5) is 14.1. The van der Waals surface area contributed by atoms with Crippen LogP contribution in [-0.4, -0.2) is 59.8 Å². The van der Waals surface area contributed by atoms with Gasteiger partial charge in [-0.15, -0.1) is 0 Å². The van der Waals surface area contributed by atoms with E-state index < -0.39 is 16.3 Å². The Bertz CT molecular complexity index is 1570. The van der Waals surface area contributed by atoms with Crippen LogP contribution in [0, 0.1) is 17.2 Å². The lowest BCUT2D eigenvalue weighted by Crippen LogP contribution is -2.40. The first-order valence-corrected chi connectivity index (χ1v) is 16.6. The fourth-order valence-corrected chi connectivity index (χ4v) is 6.70. The van der Waals surface area contributed by atoms with E-state index in [4.69, 9.17) is 5.26 Å². The predicted octanol–water partition coefficient (Wildman–Crippen LogP) is 5.03. The van der Waals surface area contributed by atoms with E-state index >= 15 is 0 Å².